The van der Waals surface area contributed by atoms with Crippen molar-refractivity contribution in [1.82, 2.24) is 4.90 Å². The van der Waals surface area contributed by atoms with Crippen molar-refractivity contribution in [3.8, 4) is 0 Å². The summed E-state index contributed by atoms with van der Waals surface area (Å²) in [7, 11) is 0.699. The van der Waals surface area contributed by atoms with E-state index < -0.39 is 0 Å². The molecule has 3 nitrogen and oxygen atoms in total. The van der Waals surface area contributed by atoms with E-state index in [-0.39, 0.29) is 0 Å². The Hall–Kier alpha value is -1.72. The van der Waals surface area contributed by atoms with Gasteiger partial charge >= 0.3 is 0 Å². The van der Waals surface area contributed by atoms with Crippen LogP contribution < -0.4 is 5.19 Å². The summed E-state index contributed by atoms with van der Waals surface area (Å²) in [4.78, 5) is 2.48. The molecule has 2 radical (unpaired) electrons. The molecule has 2 aromatic rings. The van der Waals surface area contributed by atoms with Gasteiger partial charge in [-0.1, -0.05) is 66.4 Å². The molecular formula is C23H29NO2Si. The summed E-state index contributed by atoms with van der Waals surface area (Å²) in [6.07, 6.45) is 3.16. The number of morpholine rings is 1. The molecule has 1 aliphatic rings. The van der Waals surface area contributed by atoms with Crippen LogP contribution in [0.3, 0.4) is 0 Å². The Kier molecular flexibility index (Phi) is 8.30. The Balaban J connectivity index is 1.30. The lowest BCUT2D eigenvalue weighted by molar-refractivity contribution is 0.0361. The van der Waals surface area contributed by atoms with Crippen LogP contribution in [-0.2, 0) is 9.47 Å². The predicted octanol–water partition coefficient (Wildman–Crippen LogP) is 3.16. The van der Waals surface area contributed by atoms with Crippen molar-refractivity contribution in [3.05, 3.63) is 72.3 Å². The van der Waals surface area contributed by atoms with Crippen molar-refractivity contribution >= 4 is 20.3 Å². The molecule has 0 spiro atoms. The van der Waals surface area contributed by atoms with Crippen molar-refractivity contribution in [2.24, 2.45) is 0 Å². The Bertz CT molecular complexity index is 681. The SMILES string of the molecule is C=C(c1ccccc1)c1ccc([Si]COCCCCN2CCOCC2)cc1. The molecule has 4 heteroatoms. The fourth-order valence-electron chi connectivity index (χ4n) is 3.17. The van der Waals surface area contributed by atoms with E-state index in [2.05, 4.69) is 60.0 Å². The first kappa shape index (κ1) is 20.0. The second kappa shape index (κ2) is 11.2. The van der Waals surface area contributed by atoms with E-state index in [1.165, 1.54) is 29.3 Å². The molecule has 0 aliphatic carbocycles. The largest absolute Gasteiger partial charge is 0.385 e. The van der Waals surface area contributed by atoms with Crippen molar-refractivity contribution in [2.45, 2.75) is 12.8 Å². The van der Waals surface area contributed by atoms with E-state index >= 15 is 0 Å². The first-order valence-electron chi connectivity index (χ1n) is 9.79. The Morgan fingerprint density at radius 1 is 0.963 bits per heavy atom. The minimum atomic E-state index is 0.699. The van der Waals surface area contributed by atoms with Gasteiger partial charge in [0.05, 0.1) is 13.2 Å². The van der Waals surface area contributed by atoms with Gasteiger partial charge in [-0.05, 0) is 36.1 Å². The quantitative estimate of drug-likeness (QED) is 0.468. The maximum absolute atomic E-state index is 5.83. The Morgan fingerprint density at radius 2 is 1.67 bits per heavy atom. The number of rotatable bonds is 10. The maximum Gasteiger partial charge on any atom is 0.114 e. The average Bonchev–Trinajstić information content (AvgIpc) is 2.74. The van der Waals surface area contributed by atoms with E-state index in [0.717, 1.165) is 51.1 Å². The zero-order chi connectivity index (χ0) is 18.7. The fraction of sp³-hybridized carbons (Fsp3) is 0.391. The highest BCUT2D eigenvalue weighted by molar-refractivity contribution is 6.53. The average molecular weight is 380 g/mol. The molecule has 0 N–H and O–H groups in total. The lowest BCUT2D eigenvalue weighted by atomic mass is 10.00. The minimum absolute atomic E-state index is 0.699. The van der Waals surface area contributed by atoms with Gasteiger partial charge in [-0.3, -0.25) is 4.90 Å². The molecule has 0 unspecified atom stereocenters. The molecule has 1 saturated heterocycles. The third kappa shape index (κ3) is 6.74. The summed E-state index contributed by atoms with van der Waals surface area (Å²) in [5.74, 6) is 0. The third-order valence-corrected chi connectivity index (χ3v) is 5.94. The highest BCUT2D eigenvalue weighted by Crippen LogP contribution is 2.20. The molecule has 3 rings (SSSR count). The topological polar surface area (TPSA) is 21.7 Å². The van der Waals surface area contributed by atoms with Crippen LogP contribution in [0.4, 0.5) is 0 Å². The molecule has 0 bridgehead atoms. The number of unbranched alkanes of at least 4 members (excludes halogenated alkanes) is 1. The predicted molar refractivity (Wildman–Crippen MR) is 114 cm³/mol. The van der Waals surface area contributed by atoms with Gasteiger partial charge in [-0.15, -0.1) is 0 Å². The zero-order valence-corrected chi connectivity index (χ0v) is 17.0. The normalized spacial score (nSPS) is 15.0. The lowest BCUT2D eigenvalue weighted by Gasteiger charge is -2.26. The molecule has 1 aliphatic heterocycles. The molecule has 0 aromatic heterocycles. The van der Waals surface area contributed by atoms with Crippen molar-refractivity contribution in [1.29, 1.82) is 0 Å². The highest BCUT2D eigenvalue weighted by Gasteiger charge is 2.09. The van der Waals surface area contributed by atoms with Crippen LogP contribution in [-0.4, -0.2) is 60.1 Å². The van der Waals surface area contributed by atoms with Gasteiger partial charge in [0, 0.05) is 25.9 Å². The second-order valence-corrected chi connectivity index (χ2v) is 8.03. The van der Waals surface area contributed by atoms with Crippen LogP contribution in [0.1, 0.15) is 24.0 Å². The summed E-state index contributed by atoms with van der Waals surface area (Å²) in [5.41, 5.74) is 3.42. The first-order chi connectivity index (χ1) is 13.3. The number of hydrogen-bond donors (Lipinski definition) is 0. The second-order valence-electron chi connectivity index (χ2n) is 6.81. The van der Waals surface area contributed by atoms with Crippen LogP contribution in [0.15, 0.2) is 61.2 Å². The summed E-state index contributed by atoms with van der Waals surface area (Å²) in [6, 6.07) is 19.1. The molecular weight excluding hydrogens is 350 g/mol. The number of benzene rings is 2. The summed E-state index contributed by atoms with van der Waals surface area (Å²) in [6.45, 7) is 10.2. The van der Waals surface area contributed by atoms with Crippen molar-refractivity contribution < 1.29 is 9.47 Å². The number of hydrogen-bond acceptors (Lipinski definition) is 3. The van der Waals surface area contributed by atoms with Crippen LogP contribution in [0.5, 0.6) is 0 Å². The lowest BCUT2D eigenvalue weighted by Crippen LogP contribution is -2.36. The van der Waals surface area contributed by atoms with Crippen LogP contribution >= 0.6 is 0 Å². The Labute approximate surface area is 165 Å². The van der Waals surface area contributed by atoms with Gasteiger partial charge in [0.2, 0.25) is 0 Å². The van der Waals surface area contributed by atoms with Crippen LogP contribution in [0.2, 0.25) is 0 Å². The molecule has 0 saturated carbocycles. The first-order valence-corrected chi connectivity index (χ1v) is 11.0. The van der Waals surface area contributed by atoms with E-state index in [1.54, 1.807) is 0 Å². The fourth-order valence-corrected chi connectivity index (χ4v) is 3.98. The molecule has 142 valence electrons. The molecule has 0 atom stereocenters. The van der Waals surface area contributed by atoms with E-state index in [4.69, 9.17) is 9.47 Å². The summed E-state index contributed by atoms with van der Waals surface area (Å²) in [5, 5.41) is 1.34. The van der Waals surface area contributed by atoms with Crippen LogP contribution in [0.25, 0.3) is 5.57 Å². The molecule has 2 aromatic carbocycles. The van der Waals surface area contributed by atoms with E-state index in [9.17, 15) is 0 Å². The maximum atomic E-state index is 5.83. The van der Waals surface area contributed by atoms with Crippen LogP contribution in [0, 0.1) is 0 Å². The molecule has 0 amide bonds. The number of ether oxygens (including phenoxy) is 2. The Morgan fingerprint density at radius 3 is 2.41 bits per heavy atom. The molecule has 27 heavy (non-hydrogen) atoms. The van der Waals surface area contributed by atoms with E-state index in [0.29, 0.717) is 9.52 Å². The van der Waals surface area contributed by atoms with Gasteiger partial charge in [0.1, 0.15) is 9.52 Å². The van der Waals surface area contributed by atoms with Gasteiger partial charge in [-0.25, -0.2) is 0 Å². The van der Waals surface area contributed by atoms with Crippen molar-refractivity contribution in [3.63, 3.8) is 0 Å². The van der Waals surface area contributed by atoms with Gasteiger partial charge in [-0.2, -0.15) is 0 Å². The summed E-state index contributed by atoms with van der Waals surface area (Å²) < 4.78 is 11.2. The van der Waals surface area contributed by atoms with Crippen molar-refractivity contribution in [2.75, 3.05) is 45.7 Å². The smallest absolute Gasteiger partial charge is 0.114 e. The molecule has 1 heterocycles. The van der Waals surface area contributed by atoms with Gasteiger partial charge in [0.15, 0.2) is 0 Å². The minimum Gasteiger partial charge on any atom is -0.385 e. The number of nitrogens with zero attached hydrogens (tertiary/aromatic N) is 1. The van der Waals surface area contributed by atoms with Gasteiger partial charge < -0.3 is 9.47 Å². The van der Waals surface area contributed by atoms with E-state index in [1.807, 2.05) is 6.07 Å². The highest BCUT2D eigenvalue weighted by atomic mass is 28.2. The van der Waals surface area contributed by atoms with Gasteiger partial charge in [0.25, 0.3) is 0 Å². The monoisotopic (exact) mass is 379 g/mol. The third-order valence-electron chi connectivity index (χ3n) is 4.85. The zero-order valence-electron chi connectivity index (χ0n) is 16.0. The summed E-state index contributed by atoms with van der Waals surface area (Å²) >= 11 is 0. The standard InChI is InChI=1S/C23H29NO2Si/c1-20(21-7-3-2-4-8-21)22-9-11-23(12-10-22)27-19-26-16-6-5-13-24-14-17-25-18-15-24/h2-4,7-12H,1,5-6,13-19H2. The molecule has 1 fully saturated rings.